The number of rotatable bonds is 5. The summed E-state index contributed by atoms with van der Waals surface area (Å²) in [5.41, 5.74) is -1.83. The van der Waals surface area contributed by atoms with Gasteiger partial charge in [0.15, 0.2) is 0 Å². The zero-order valence-electron chi connectivity index (χ0n) is 9.52. The zero-order valence-corrected chi connectivity index (χ0v) is 9.52. The number of hydrogen-bond donors (Lipinski definition) is 2. The number of carbonyl (C=O) groups is 2. The Bertz CT molecular complexity index is 327. The van der Waals surface area contributed by atoms with Gasteiger partial charge in [-0.15, -0.1) is 0 Å². The standard InChI is InChI=1S/C9H12F5NO3/c1-8(2,6(10)11)3-4(5(16)17)15-7(18)9(12,13)14/h4,6H,3H2,1-2H3,(H,15,18)(H,16,17)/t4-/m0/s1. The molecule has 0 aromatic rings. The van der Waals surface area contributed by atoms with Crippen molar-refractivity contribution in [3.63, 3.8) is 0 Å². The van der Waals surface area contributed by atoms with Crippen molar-refractivity contribution in [2.24, 2.45) is 5.41 Å². The van der Waals surface area contributed by atoms with Crippen LogP contribution < -0.4 is 5.32 Å². The van der Waals surface area contributed by atoms with Crippen LogP contribution in [0.3, 0.4) is 0 Å². The van der Waals surface area contributed by atoms with Crippen LogP contribution in [-0.4, -0.2) is 35.6 Å². The molecule has 1 amide bonds. The first-order valence-electron chi connectivity index (χ1n) is 4.76. The fourth-order valence-corrected chi connectivity index (χ4v) is 1.06. The van der Waals surface area contributed by atoms with E-state index in [1.54, 1.807) is 0 Å². The molecule has 0 radical (unpaired) electrons. The maximum Gasteiger partial charge on any atom is 0.471 e. The number of carboxylic acids is 1. The lowest BCUT2D eigenvalue weighted by atomic mass is 9.86. The predicted octanol–water partition coefficient (Wildman–Crippen LogP) is 1.80. The summed E-state index contributed by atoms with van der Waals surface area (Å²) in [6.07, 6.45) is -9.01. The summed E-state index contributed by atoms with van der Waals surface area (Å²) in [7, 11) is 0. The molecule has 0 fully saturated rings. The minimum Gasteiger partial charge on any atom is -0.480 e. The quantitative estimate of drug-likeness (QED) is 0.753. The van der Waals surface area contributed by atoms with Gasteiger partial charge in [0, 0.05) is 5.41 Å². The van der Waals surface area contributed by atoms with Gasteiger partial charge in [-0.2, -0.15) is 13.2 Å². The van der Waals surface area contributed by atoms with E-state index in [1.807, 2.05) is 0 Å². The van der Waals surface area contributed by atoms with E-state index >= 15 is 0 Å². The van der Waals surface area contributed by atoms with E-state index in [4.69, 9.17) is 5.11 Å². The maximum absolute atomic E-state index is 12.5. The molecular formula is C9H12F5NO3. The van der Waals surface area contributed by atoms with Gasteiger partial charge in [-0.05, 0) is 6.42 Å². The van der Waals surface area contributed by atoms with Crippen molar-refractivity contribution < 1.29 is 36.6 Å². The van der Waals surface area contributed by atoms with E-state index in [1.165, 1.54) is 5.32 Å². The molecule has 106 valence electrons. The number of alkyl halides is 5. The van der Waals surface area contributed by atoms with Crippen LogP contribution in [-0.2, 0) is 9.59 Å². The van der Waals surface area contributed by atoms with E-state index in [9.17, 15) is 31.5 Å². The molecule has 0 saturated heterocycles. The molecule has 0 rings (SSSR count). The molecule has 18 heavy (non-hydrogen) atoms. The van der Waals surface area contributed by atoms with E-state index in [-0.39, 0.29) is 0 Å². The van der Waals surface area contributed by atoms with Crippen molar-refractivity contribution in [1.82, 2.24) is 5.32 Å². The summed E-state index contributed by atoms with van der Waals surface area (Å²) in [6, 6.07) is -2.02. The number of hydrogen-bond acceptors (Lipinski definition) is 2. The molecular weight excluding hydrogens is 265 g/mol. The van der Waals surface area contributed by atoms with Gasteiger partial charge in [0.2, 0.25) is 6.43 Å². The number of nitrogens with one attached hydrogen (secondary N) is 1. The summed E-state index contributed by atoms with van der Waals surface area (Å²) in [5, 5.41) is 9.78. The van der Waals surface area contributed by atoms with Crippen molar-refractivity contribution in [1.29, 1.82) is 0 Å². The van der Waals surface area contributed by atoms with Crippen molar-refractivity contribution in [2.75, 3.05) is 0 Å². The Morgan fingerprint density at radius 1 is 1.22 bits per heavy atom. The first kappa shape index (κ1) is 16.6. The molecule has 0 aromatic carbocycles. The van der Waals surface area contributed by atoms with Gasteiger partial charge in [0.25, 0.3) is 0 Å². The summed E-state index contributed by atoms with van der Waals surface area (Å²) in [6.45, 7) is 1.99. The van der Waals surface area contributed by atoms with Gasteiger partial charge < -0.3 is 10.4 Å². The van der Waals surface area contributed by atoms with Crippen molar-refractivity contribution >= 4 is 11.9 Å². The minimum atomic E-state index is -5.26. The Labute approximate surface area is 99.2 Å². The highest BCUT2D eigenvalue weighted by atomic mass is 19.4. The third kappa shape index (κ3) is 4.84. The molecule has 0 aromatic heterocycles. The molecule has 1 atom stereocenters. The second kappa shape index (κ2) is 5.49. The largest absolute Gasteiger partial charge is 0.480 e. The van der Waals surface area contributed by atoms with Gasteiger partial charge in [-0.1, -0.05) is 13.8 Å². The smallest absolute Gasteiger partial charge is 0.471 e. The molecule has 0 spiro atoms. The average molecular weight is 277 g/mol. The van der Waals surface area contributed by atoms with E-state index in [0.29, 0.717) is 0 Å². The van der Waals surface area contributed by atoms with Gasteiger partial charge in [-0.25, -0.2) is 13.6 Å². The number of amides is 1. The molecule has 0 unspecified atom stereocenters. The van der Waals surface area contributed by atoms with Gasteiger partial charge in [-0.3, -0.25) is 4.79 Å². The van der Waals surface area contributed by atoms with Crippen LogP contribution in [0.2, 0.25) is 0 Å². The fourth-order valence-electron chi connectivity index (χ4n) is 1.06. The molecule has 0 bridgehead atoms. The molecule has 0 heterocycles. The van der Waals surface area contributed by atoms with Crippen LogP contribution in [0.1, 0.15) is 20.3 Å². The molecule has 0 saturated carbocycles. The zero-order chi connectivity index (χ0) is 14.7. The normalized spacial score (nSPS) is 14.4. The van der Waals surface area contributed by atoms with E-state index in [0.717, 1.165) is 13.8 Å². The van der Waals surface area contributed by atoms with Crippen LogP contribution in [0.25, 0.3) is 0 Å². The SMILES string of the molecule is CC(C)(C[C@H](NC(=O)C(F)(F)F)C(=O)O)C(F)F. The number of aliphatic carboxylic acids is 1. The average Bonchev–Trinajstić information content (AvgIpc) is 2.14. The van der Waals surface area contributed by atoms with E-state index in [2.05, 4.69) is 0 Å². The number of carbonyl (C=O) groups excluding carboxylic acids is 1. The summed E-state index contributed by atoms with van der Waals surface area (Å²) in [4.78, 5) is 21.2. The third-order valence-electron chi connectivity index (χ3n) is 2.18. The summed E-state index contributed by atoms with van der Waals surface area (Å²) in [5.74, 6) is -4.28. The summed E-state index contributed by atoms with van der Waals surface area (Å²) >= 11 is 0. The van der Waals surface area contributed by atoms with Crippen molar-refractivity contribution in [2.45, 2.75) is 38.9 Å². The van der Waals surface area contributed by atoms with Crippen LogP contribution in [0.15, 0.2) is 0 Å². The minimum absolute atomic E-state index is 0.818. The van der Waals surface area contributed by atoms with E-state index < -0.39 is 42.4 Å². The van der Waals surface area contributed by atoms with Crippen LogP contribution in [0, 0.1) is 5.41 Å². The van der Waals surface area contributed by atoms with Crippen LogP contribution in [0.5, 0.6) is 0 Å². The fraction of sp³-hybridized carbons (Fsp3) is 0.778. The molecule has 4 nitrogen and oxygen atoms in total. The van der Waals surface area contributed by atoms with Crippen LogP contribution >= 0.6 is 0 Å². The highest BCUT2D eigenvalue weighted by Gasteiger charge is 2.43. The lowest BCUT2D eigenvalue weighted by Crippen LogP contribution is -2.49. The topological polar surface area (TPSA) is 66.4 Å². The second-order valence-corrected chi connectivity index (χ2v) is 4.36. The first-order chi connectivity index (χ1) is 7.88. The monoisotopic (exact) mass is 277 g/mol. The highest BCUT2D eigenvalue weighted by molar-refractivity contribution is 5.86. The first-order valence-corrected chi connectivity index (χ1v) is 4.76. The Hall–Kier alpha value is -1.41. The van der Waals surface area contributed by atoms with Gasteiger partial charge in [0.05, 0.1) is 0 Å². The van der Waals surface area contributed by atoms with Crippen molar-refractivity contribution in [3.8, 4) is 0 Å². The third-order valence-corrected chi connectivity index (χ3v) is 2.18. The predicted molar refractivity (Wildman–Crippen MR) is 50.0 cm³/mol. The molecule has 0 aliphatic heterocycles. The Kier molecular flexibility index (Phi) is 5.06. The Balaban J connectivity index is 4.81. The van der Waals surface area contributed by atoms with Crippen molar-refractivity contribution in [3.05, 3.63) is 0 Å². The Morgan fingerprint density at radius 3 is 1.94 bits per heavy atom. The Morgan fingerprint density at radius 2 is 1.67 bits per heavy atom. The maximum atomic E-state index is 12.5. The molecule has 2 N–H and O–H groups in total. The molecule has 0 aliphatic carbocycles. The number of halogens is 5. The lowest BCUT2D eigenvalue weighted by molar-refractivity contribution is -0.176. The molecule has 0 aliphatic rings. The number of carboxylic acid groups (broad SMARTS) is 1. The van der Waals surface area contributed by atoms with Gasteiger partial charge >= 0.3 is 18.1 Å². The molecule has 9 heteroatoms. The summed E-state index contributed by atoms with van der Waals surface area (Å²) < 4.78 is 60.7. The van der Waals surface area contributed by atoms with Gasteiger partial charge in [0.1, 0.15) is 6.04 Å². The van der Waals surface area contributed by atoms with Crippen LogP contribution in [0.4, 0.5) is 22.0 Å². The highest BCUT2D eigenvalue weighted by Crippen LogP contribution is 2.30. The lowest BCUT2D eigenvalue weighted by Gasteiger charge is -2.27. The second-order valence-electron chi connectivity index (χ2n) is 4.36.